The van der Waals surface area contributed by atoms with Gasteiger partial charge in [-0.05, 0) is 37.0 Å². The van der Waals surface area contributed by atoms with E-state index >= 15 is 0 Å². The van der Waals surface area contributed by atoms with E-state index in [1.165, 1.54) is 6.07 Å². The average Bonchev–Trinajstić information content (AvgIpc) is 3.21. The fourth-order valence-electron chi connectivity index (χ4n) is 1.48. The fourth-order valence-corrected chi connectivity index (χ4v) is 1.66. The smallest absolute Gasteiger partial charge is 0.396 e. The summed E-state index contributed by atoms with van der Waals surface area (Å²) < 4.78 is 9.94. The van der Waals surface area contributed by atoms with Crippen molar-refractivity contribution in [1.82, 2.24) is 0 Å². The number of carbonyl (C=O) groups excluding carboxylic acids is 2. The fraction of sp³-hybridized carbons (Fsp3) is 0.385. The van der Waals surface area contributed by atoms with Crippen molar-refractivity contribution in [1.29, 1.82) is 0 Å². The molecule has 1 amide bonds. The molecule has 1 aliphatic carbocycles. The summed E-state index contributed by atoms with van der Waals surface area (Å²) in [6.07, 6.45) is 2.33. The van der Waals surface area contributed by atoms with Crippen molar-refractivity contribution >= 4 is 29.2 Å². The maximum atomic E-state index is 11.5. The Morgan fingerprint density at radius 2 is 2.16 bits per heavy atom. The molecular formula is C13H14ClNO4. The maximum Gasteiger partial charge on any atom is 0.396 e. The molecule has 1 aromatic carbocycles. The van der Waals surface area contributed by atoms with Crippen molar-refractivity contribution in [2.45, 2.75) is 12.8 Å². The third-order valence-electron chi connectivity index (χ3n) is 2.73. The van der Waals surface area contributed by atoms with Gasteiger partial charge in [-0.1, -0.05) is 11.6 Å². The van der Waals surface area contributed by atoms with Crippen LogP contribution in [0, 0.1) is 5.92 Å². The lowest BCUT2D eigenvalue weighted by Gasteiger charge is -2.12. The molecule has 0 spiro atoms. The first kappa shape index (κ1) is 13.7. The zero-order valence-electron chi connectivity index (χ0n) is 10.4. The van der Waals surface area contributed by atoms with Crippen molar-refractivity contribution in [3.8, 4) is 5.75 Å². The van der Waals surface area contributed by atoms with Crippen molar-refractivity contribution in [2.75, 3.05) is 19.0 Å². The lowest BCUT2D eigenvalue weighted by atomic mass is 10.3. The van der Waals surface area contributed by atoms with Crippen molar-refractivity contribution in [2.24, 2.45) is 5.92 Å². The Bertz CT molecular complexity index is 499. The second-order valence-corrected chi connectivity index (χ2v) is 4.78. The summed E-state index contributed by atoms with van der Waals surface area (Å²) in [5.41, 5.74) is 0.364. The number of benzene rings is 1. The molecule has 1 saturated carbocycles. The number of ether oxygens (including phenoxy) is 2. The Morgan fingerprint density at radius 1 is 1.42 bits per heavy atom. The van der Waals surface area contributed by atoms with Crippen molar-refractivity contribution < 1.29 is 19.1 Å². The van der Waals surface area contributed by atoms with E-state index in [2.05, 4.69) is 10.1 Å². The van der Waals surface area contributed by atoms with Gasteiger partial charge in [0.25, 0.3) is 0 Å². The molecule has 1 fully saturated rings. The minimum absolute atomic E-state index is 0.364. The molecule has 2 rings (SSSR count). The molecule has 1 aromatic rings. The predicted octanol–water partition coefficient (Wildman–Crippen LogP) is 2.24. The zero-order chi connectivity index (χ0) is 13.8. The Balaban J connectivity index is 2.09. The predicted molar refractivity (Wildman–Crippen MR) is 70.3 cm³/mol. The summed E-state index contributed by atoms with van der Waals surface area (Å²) in [6, 6.07) is 4.86. The molecule has 102 valence electrons. The summed E-state index contributed by atoms with van der Waals surface area (Å²) in [5.74, 6) is -0.748. The highest BCUT2D eigenvalue weighted by molar-refractivity contribution is 6.37. The van der Waals surface area contributed by atoms with Gasteiger partial charge in [-0.3, -0.25) is 4.79 Å². The van der Waals surface area contributed by atoms with Crippen LogP contribution in [0.25, 0.3) is 0 Å². The van der Waals surface area contributed by atoms with Gasteiger partial charge in [0.15, 0.2) is 0 Å². The number of carbonyl (C=O) groups is 2. The number of hydrogen-bond acceptors (Lipinski definition) is 4. The van der Waals surface area contributed by atoms with Crippen LogP contribution in [0.15, 0.2) is 18.2 Å². The lowest BCUT2D eigenvalue weighted by molar-refractivity contribution is -0.150. The molecule has 0 saturated heterocycles. The number of amides is 1. The van der Waals surface area contributed by atoms with E-state index in [0.717, 1.165) is 20.0 Å². The molecule has 0 aromatic heterocycles. The van der Waals surface area contributed by atoms with E-state index in [9.17, 15) is 9.59 Å². The summed E-state index contributed by atoms with van der Waals surface area (Å²) in [6.45, 7) is 0.600. The average molecular weight is 284 g/mol. The summed E-state index contributed by atoms with van der Waals surface area (Å²) in [7, 11) is 1.14. The van der Waals surface area contributed by atoms with Gasteiger partial charge in [-0.15, -0.1) is 0 Å². The summed E-state index contributed by atoms with van der Waals surface area (Å²) in [4.78, 5) is 22.6. The van der Waals surface area contributed by atoms with Gasteiger partial charge in [0, 0.05) is 5.02 Å². The van der Waals surface area contributed by atoms with Crippen LogP contribution in [0.5, 0.6) is 5.75 Å². The van der Waals surface area contributed by atoms with Crippen LogP contribution in [0.2, 0.25) is 5.02 Å². The second-order valence-electron chi connectivity index (χ2n) is 4.34. The van der Waals surface area contributed by atoms with E-state index in [0.29, 0.717) is 29.0 Å². The molecule has 0 atom stereocenters. The zero-order valence-corrected chi connectivity index (χ0v) is 11.2. The molecule has 0 radical (unpaired) electrons. The highest BCUT2D eigenvalue weighted by Gasteiger charge is 2.23. The van der Waals surface area contributed by atoms with E-state index in [1.807, 2.05) is 0 Å². The van der Waals surface area contributed by atoms with Gasteiger partial charge in [0.2, 0.25) is 0 Å². The number of hydrogen-bond donors (Lipinski definition) is 1. The molecule has 0 bridgehead atoms. The van der Waals surface area contributed by atoms with Gasteiger partial charge in [-0.25, -0.2) is 4.79 Å². The number of nitrogens with one attached hydrogen (secondary N) is 1. The first-order valence-electron chi connectivity index (χ1n) is 5.92. The van der Waals surface area contributed by atoms with E-state index in [4.69, 9.17) is 16.3 Å². The van der Waals surface area contributed by atoms with Crippen LogP contribution in [0.4, 0.5) is 5.69 Å². The van der Waals surface area contributed by atoms with Crippen LogP contribution in [-0.4, -0.2) is 25.6 Å². The largest absolute Gasteiger partial charge is 0.491 e. The van der Waals surface area contributed by atoms with Crippen LogP contribution < -0.4 is 10.1 Å². The number of anilines is 1. The van der Waals surface area contributed by atoms with Gasteiger partial charge in [0.05, 0.1) is 19.4 Å². The SMILES string of the molecule is COC(=O)C(=O)Nc1cc(Cl)ccc1OCC1CC1. The Labute approximate surface area is 115 Å². The first-order valence-corrected chi connectivity index (χ1v) is 6.29. The third-order valence-corrected chi connectivity index (χ3v) is 2.97. The third kappa shape index (κ3) is 3.86. The van der Waals surface area contributed by atoms with Crippen LogP contribution in [0.3, 0.4) is 0 Å². The summed E-state index contributed by atoms with van der Waals surface area (Å²) in [5, 5.41) is 2.87. The van der Waals surface area contributed by atoms with Crippen LogP contribution in [0.1, 0.15) is 12.8 Å². The Kier molecular flexibility index (Phi) is 4.27. The topological polar surface area (TPSA) is 64.6 Å². The van der Waals surface area contributed by atoms with Gasteiger partial charge in [0.1, 0.15) is 5.75 Å². The van der Waals surface area contributed by atoms with Crippen LogP contribution in [-0.2, 0) is 14.3 Å². The number of methoxy groups -OCH3 is 1. The lowest BCUT2D eigenvalue weighted by Crippen LogP contribution is -2.24. The van der Waals surface area contributed by atoms with Crippen molar-refractivity contribution in [3.05, 3.63) is 23.2 Å². The molecule has 19 heavy (non-hydrogen) atoms. The molecule has 6 heteroatoms. The Hall–Kier alpha value is -1.75. The summed E-state index contributed by atoms with van der Waals surface area (Å²) >= 11 is 5.87. The molecule has 5 nitrogen and oxygen atoms in total. The van der Waals surface area contributed by atoms with Crippen LogP contribution >= 0.6 is 11.6 Å². The highest BCUT2D eigenvalue weighted by atomic mass is 35.5. The van der Waals surface area contributed by atoms with Gasteiger partial charge < -0.3 is 14.8 Å². The molecule has 0 aliphatic heterocycles. The highest BCUT2D eigenvalue weighted by Crippen LogP contribution is 2.33. The number of halogens is 1. The second kappa shape index (κ2) is 5.93. The minimum Gasteiger partial charge on any atom is -0.491 e. The molecule has 0 unspecified atom stereocenters. The monoisotopic (exact) mass is 283 g/mol. The quantitative estimate of drug-likeness (QED) is 0.680. The van der Waals surface area contributed by atoms with Gasteiger partial charge in [-0.2, -0.15) is 0 Å². The normalized spacial score (nSPS) is 13.8. The molecular weight excluding hydrogens is 270 g/mol. The molecule has 0 heterocycles. The number of esters is 1. The van der Waals surface area contributed by atoms with Gasteiger partial charge >= 0.3 is 11.9 Å². The molecule has 1 aliphatic rings. The van der Waals surface area contributed by atoms with E-state index < -0.39 is 11.9 Å². The Morgan fingerprint density at radius 3 is 2.79 bits per heavy atom. The van der Waals surface area contributed by atoms with E-state index in [-0.39, 0.29) is 0 Å². The van der Waals surface area contributed by atoms with E-state index in [1.54, 1.807) is 12.1 Å². The molecule has 1 N–H and O–H groups in total. The standard InChI is InChI=1S/C13H14ClNO4/c1-18-13(17)12(16)15-10-6-9(14)4-5-11(10)19-7-8-2-3-8/h4-6,8H,2-3,7H2,1H3,(H,15,16). The number of rotatable bonds is 4. The van der Waals surface area contributed by atoms with Crippen molar-refractivity contribution in [3.63, 3.8) is 0 Å². The first-order chi connectivity index (χ1) is 9.10. The maximum absolute atomic E-state index is 11.5. The minimum atomic E-state index is -0.965.